The predicted molar refractivity (Wildman–Crippen MR) is 98.3 cm³/mol. The van der Waals surface area contributed by atoms with Crippen LogP contribution in [0.2, 0.25) is 0 Å². The number of rotatable bonds is 6. The van der Waals surface area contributed by atoms with E-state index in [2.05, 4.69) is 17.4 Å². The Kier molecular flexibility index (Phi) is 5.81. The molecule has 0 unspecified atom stereocenters. The van der Waals surface area contributed by atoms with E-state index in [-0.39, 0.29) is 18.4 Å². The number of nitrogens with zero attached hydrogens (tertiary/aromatic N) is 1. The van der Waals surface area contributed by atoms with E-state index >= 15 is 0 Å². The Morgan fingerprint density at radius 2 is 1.96 bits per heavy atom. The van der Waals surface area contributed by atoms with Gasteiger partial charge < -0.3 is 19.3 Å². The van der Waals surface area contributed by atoms with Crippen LogP contribution in [-0.2, 0) is 11.2 Å². The number of aromatic nitrogens is 1. The number of carbonyl (C=O) groups is 1. The average molecular weight is 358 g/mol. The Labute approximate surface area is 153 Å². The molecule has 0 aliphatic heterocycles. The maximum absolute atomic E-state index is 12.3. The predicted octanol–water partition coefficient (Wildman–Crippen LogP) is 3.60. The maximum atomic E-state index is 12.3. The first-order chi connectivity index (χ1) is 12.6. The Bertz CT molecular complexity index is 756. The molecule has 0 spiro atoms. The number of hydrogen-bond donors (Lipinski definition) is 1. The quantitative estimate of drug-likeness (QED) is 0.854. The summed E-state index contributed by atoms with van der Waals surface area (Å²) in [4.78, 5) is 12.3. The van der Waals surface area contributed by atoms with Gasteiger partial charge in [0.25, 0.3) is 0 Å². The van der Waals surface area contributed by atoms with E-state index in [4.69, 9.17) is 14.0 Å². The van der Waals surface area contributed by atoms with Crippen LogP contribution < -0.4 is 14.8 Å². The smallest absolute Gasteiger partial charge is 0.226 e. The lowest BCUT2D eigenvalue weighted by Gasteiger charge is -2.29. The molecule has 2 aromatic rings. The molecule has 1 N–H and O–H groups in total. The van der Waals surface area contributed by atoms with Crippen LogP contribution in [0.1, 0.15) is 38.3 Å². The van der Waals surface area contributed by atoms with E-state index in [1.54, 1.807) is 20.3 Å². The van der Waals surface area contributed by atoms with Crippen molar-refractivity contribution in [2.45, 2.75) is 45.1 Å². The fraction of sp³-hybridized carbons (Fsp3) is 0.500. The first kappa shape index (κ1) is 18.3. The number of carbonyl (C=O) groups excluding carboxylic acids is 1. The van der Waals surface area contributed by atoms with E-state index in [9.17, 15) is 4.79 Å². The van der Waals surface area contributed by atoms with Crippen molar-refractivity contribution in [3.63, 3.8) is 0 Å². The molecule has 0 bridgehead atoms. The van der Waals surface area contributed by atoms with Crippen LogP contribution in [0.3, 0.4) is 0 Å². The van der Waals surface area contributed by atoms with Gasteiger partial charge in [-0.2, -0.15) is 0 Å². The van der Waals surface area contributed by atoms with Crippen molar-refractivity contribution in [2.75, 3.05) is 14.2 Å². The van der Waals surface area contributed by atoms with E-state index in [0.717, 1.165) is 12.0 Å². The Hall–Kier alpha value is -2.50. The molecular weight excluding hydrogens is 332 g/mol. The van der Waals surface area contributed by atoms with Crippen molar-refractivity contribution in [3.8, 4) is 22.8 Å². The highest BCUT2D eigenvalue weighted by Gasteiger charge is 2.23. The third-order valence-corrected chi connectivity index (χ3v) is 5.03. The number of hydrogen-bond acceptors (Lipinski definition) is 5. The molecule has 6 nitrogen and oxygen atoms in total. The highest BCUT2D eigenvalue weighted by atomic mass is 16.5. The molecule has 1 aromatic carbocycles. The zero-order valence-electron chi connectivity index (χ0n) is 15.6. The fourth-order valence-electron chi connectivity index (χ4n) is 3.47. The van der Waals surface area contributed by atoms with E-state index in [1.165, 1.54) is 19.3 Å². The summed E-state index contributed by atoms with van der Waals surface area (Å²) in [5.74, 6) is 2.40. The van der Waals surface area contributed by atoms with Gasteiger partial charge in [0.1, 0.15) is 0 Å². The molecule has 1 aliphatic rings. The van der Waals surface area contributed by atoms with Gasteiger partial charge in [0.05, 0.1) is 26.3 Å². The van der Waals surface area contributed by atoms with Crippen molar-refractivity contribution in [1.82, 2.24) is 10.5 Å². The summed E-state index contributed by atoms with van der Waals surface area (Å²) in [7, 11) is 3.18. The van der Waals surface area contributed by atoms with Crippen molar-refractivity contribution in [2.24, 2.45) is 5.92 Å². The molecule has 1 heterocycles. The molecule has 1 saturated carbocycles. The SMILES string of the molecule is COc1ccc(-c2cc(CC(=O)N[C@H]3CCCC[C@@H]3C)no2)cc1OC. The summed E-state index contributed by atoms with van der Waals surface area (Å²) in [6.45, 7) is 2.20. The summed E-state index contributed by atoms with van der Waals surface area (Å²) in [5.41, 5.74) is 1.44. The lowest BCUT2D eigenvalue weighted by atomic mass is 9.86. The Morgan fingerprint density at radius 3 is 2.69 bits per heavy atom. The van der Waals surface area contributed by atoms with Crippen LogP contribution in [0.25, 0.3) is 11.3 Å². The van der Waals surface area contributed by atoms with E-state index in [1.807, 2.05) is 18.2 Å². The fourth-order valence-corrected chi connectivity index (χ4v) is 3.47. The highest BCUT2D eigenvalue weighted by molar-refractivity contribution is 5.78. The minimum Gasteiger partial charge on any atom is -0.493 e. The van der Waals surface area contributed by atoms with Gasteiger partial charge in [0.15, 0.2) is 17.3 Å². The largest absolute Gasteiger partial charge is 0.493 e. The van der Waals surface area contributed by atoms with Crippen LogP contribution in [0.5, 0.6) is 11.5 Å². The van der Waals surface area contributed by atoms with Crippen LogP contribution in [0.4, 0.5) is 0 Å². The normalized spacial score (nSPS) is 19.8. The minimum atomic E-state index is -0.00379. The van der Waals surface area contributed by atoms with Crippen molar-refractivity contribution in [1.29, 1.82) is 0 Å². The van der Waals surface area contributed by atoms with E-state index in [0.29, 0.717) is 28.9 Å². The number of nitrogens with one attached hydrogen (secondary N) is 1. The Balaban J connectivity index is 1.65. The standard InChI is InChI=1S/C20H26N2O4/c1-13-6-4-5-7-16(13)21-20(23)12-15-11-18(26-22-15)14-8-9-17(24-2)19(10-14)25-3/h8-11,13,16H,4-7,12H2,1-3H3,(H,21,23)/t13-,16-/m0/s1. The summed E-state index contributed by atoms with van der Waals surface area (Å²) >= 11 is 0. The maximum Gasteiger partial charge on any atom is 0.226 e. The summed E-state index contributed by atoms with van der Waals surface area (Å²) in [6, 6.07) is 7.58. The summed E-state index contributed by atoms with van der Waals surface area (Å²) in [5, 5.41) is 7.18. The Morgan fingerprint density at radius 1 is 1.19 bits per heavy atom. The third-order valence-electron chi connectivity index (χ3n) is 5.03. The lowest BCUT2D eigenvalue weighted by molar-refractivity contribution is -0.121. The lowest BCUT2D eigenvalue weighted by Crippen LogP contribution is -2.41. The molecule has 140 valence electrons. The molecule has 1 fully saturated rings. The molecule has 26 heavy (non-hydrogen) atoms. The molecule has 2 atom stereocenters. The molecule has 1 aliphatic carbocycles. The number of benzene rings is 1. The van der Waals surface area contributed by atoms with Gasteiger partial charge in [0, 0.05) is 17.7 Å². The molecule has 0 saturated heterocycles. The van der Waals surface area contributed by atoms with Crippen molar-refractivity contribution < 1.29 is 18.8 Å². The van der Waals surface area contributed by atoms with Crippen molar-refractivity contribution in [3.05, 3.63) is 30.0 Å². The van der Waals surface area contributed by atoms with Gasteiger partial charge in [-0.15, -0.1) is 0 Å². The number of amides is 1. The van der Waals surface area contributed by atoms with Gasteiger partial charge in [0.2, 0.25) is 5.91 Å². The minimum absolute atomic E-state index is 0.00379. The zero-order valence-corrected chi connectivity index (χ0v) is 15.6. The van der Waals surface area contributed by atoms with Gasteiger partial charge in [-0.05, 0) is 37.0 Å². The van der Waals surface area contributed by atoms with E-state index < -0.39 is 0 Å². The molecule has 6 heteroatoms. The van der Waals surface area contributed by atoms with Crippen molar-refractivity contribution >= 4 is 5.91 Å². The van der Waals surface area contributed by atoms with Gasteiger partial charge >= 0.3 is 0 Å². The van der Waals surface area contributed by atoms with Crippen LogP contribution >= 0.6 is 0 Å². The summed E-state index contributed by atoms with van der Waals surface area (Å²) in [6.07, 6.45) is 4.90. The molecular formula is C20H26N2O4. The molecule has 0 radical (unpaired) electrons. The second kappa shape index (κ2) is 8.25. The highest BCUT2D eigenvalue weighted by Crippen LogP contribution is 2.32. The number of methoxy groups -OCH3 is 2. The molecule has 3 rings (SSSR count). The zero-order chi connectivity index (χ0) is 18.5. The van der Waals surface area contributed by atoms with Gasteiger partial charge in [-0.1, -0.05) is 24.9 Å². The molecule has 1 amide bonds. The first-order valence-corrected chi connectivity index (χ1v) is 9.08. The van der Waals surface area contributed by atoms with Crippen LogP contribution in [-0.4, -0.2) is 31.3 Å². The molecule has 1 aromatic heterocycles. The average Bonchev–Trinajstić information content (AvgIpc) is 3.11. The second-order valence-electron chi connectivity index (χ2n) is 6.86. The monoisotopic (exact) mass is 358 g/mol. The second-order valence-corrected chi connectivity index (χ2v) is 6.86. The number of ether oxygens (including phenoxy) is 2. The van der Waals surface area contributed by atoms with Gasteiger partial charge in [-0.3, -0.25) is 4.79 Å². The summed E-state index contributed by atoms with van der Waals surface area (Å²) < 4.78 is 16.0. The topological polar surface area (TPSA) is 73.6 Å². The first-order valence-electron chi connectivity index (χ1n) is 9.08. The van der Waals surface area contributed by atoms with Crippen LogP contribution in [0, 0.1) is 5.92 Å². The third kappa shape index (κ3) is 4.18. The van der Waals surface area contributed by atoms with Gasteiger partial charge in [-0.25, -0.2) is 0 Å². The van der Waals surface area contributed by atoms with Crippen LogP contribution in [0.15, 0.2) is 28.8 Å².